The van der Waals surface area contributed by atoms with Gasteiger partial charge in [-0.15, -0.1) is 0 Å². The zero-order chi connectivity index (χ0) is 21.8. The number of carboxylic acid groups (broad SMARTS) is 1. The maximum Gasteiger partial charge on any atom is 0.407 e. The Bertz CT molecular complexity index is 772. The van der Waals surface area contributed by atoms with Gasteiger partial charge in [0.15, 0.2) is 14.1 Å². The van der Waals surface area contributed by atoms with Crippen molar-refractivity contribution in [1.82, 2.24) is 9.88 Å². The molecule has 1 aromatic heterocycles. The van der Waals surface area contributed by atoms with Gasteiger partial charge in [-0.05, 0) is 37.0 Å². The van der Waals surface area contributed by atoms with Crippen LogP contribution in [0.15, 0.2) is 12.3 Å². The second kappa shape index (κ2) is 9.01. The van der Waals surface area contributed by atoms with Crippen LogP contribution >= 0.6 is 0 Å². The van der Waals surface area contributed by atoms with E-state index in [0.29, 0.717) is 25.0 Å². The third-order valence-electron chi connectivity index (χ3n) is 5.83. The van der Waals surface area contributed by atoms with Gasteiger partial charge in [0.25, 0.3) is 5.88 Å². The van der Waals surface area contributed by atoms with Crippen molar-refractivity contribution in [1.29, 1.82) is 5.26 Å². The van der Waals surface area contributed by atoms with Crippen molar-refractivity contribution in [2.75, 3.05) is 20.3 Å². The monoisotopic (exact) mass is 421 g/mol. The van der Waals surface area contributed by atoms with Crippen LogP contribution in [0.3, 0.4) is 0 Å². The fourth-order valence-corrected chi connectivity index (χ4v) is 4.02. The predicted octanol–water partition coefficient (Wildman–Crippen LogP) is 3.87. The lowest BCUT2D eigenvalue weighted by Crippen LogP contribution is -2.53. The Morgan fingerprint density at radius 1 is 1.41 bits per heavy atom. The van der Waals surface area contributed by atoms with Gasteiger partial charge in [0, 0.05) is 6.20 Å². The maximum atomic E-state index is 11.9. The molecule has 1 amide bonds. The number of likely N-dealkylation sites (tertiary alicyclic amines) is 1. The lowest BCUT2D eigenvalue weighted by atomic mass is 10.0. The highest BCUT2D eigenvalue weighted by atomic mass is 28.4. The molecule has 0 radical (unpaired) electrons. The zero-order valence-corrected chi connectivity index (χ0v) is 19.1. The number of nitrogens with zero attached hydrogens (tertiary/aromatic N) is 3. The summed E-state index contributed by atoms with van der Waals surface area (Å²) in [4.78, 5) is 17.4. The molecule has 1 fully saturated rings. The van der Waals surface area contributed by atoms with Crippen molar-refractivity contribution in [3.63, 3.8) is 0 Å². The molecule has 29 heavy (non-hydrogen) atoms. The van der Waals surface area contributed by atoms with Crippen molar-refractivity contribution < 1.29 is 23.8 Å². The Morgan fingerprint density at radius 2 is 2.10 bits per heavy atom. The predicted molar refractivity (Wildman–Crippen MR) is 111 cm³/mol. The van der Waals surface area contributed by atoms with E-state index >= 15 is 0 Å². The molecule has 0 saturated carbocycles. The number of pyridine rings is 1. The molecule has 1 aliphatic heterocycles. The Kier molecular flexibility index (Phi) is 7.14. The highest BCUT2D eigenvalue weighted by Gasteiger charge is 2.40. The lowest BCUT2D eigenvalue weighted by molar-refractivity contribution is 0.0283. The average Bonchev–Trinajstić information content (AvgIpc) is 2.65. The van der Waals surface area contributed by atoms with Gasteiger partial charge in [-0.25, -0.2) is 9.78 Å². The number of aromatic nitrogens is 1. The molecular weight excluding hydrogens is 390 g/mol. The van der Waals surface area contributed by atoms with Gasteiger partial charge in [0.1, 0.15) is 17.7 Å². The summed E-state index contributed by atoms with van der Waals surface area (Å²) in [5.41, 5.74) is 0.323. The molecule has 1 aromatic rings. The number of nitriles is 1. The first kappa shape index (κ1) is 23.0. The Morgan fingerprint density at radius 3 is 2.66 bits per heavy atom. The summed E-state index contributed by atoms with van der Waals surface area (Å²) >= 11 is 0. The topological polar surface area (TPSA) is 105 Å². The summed E-state index contributed by atoms with van der Waals surface area (Å²) in [5, 5.41) is 19.0. The number of ether oxygens (including phenoxy) is 2. The molecule has 0 aromatic carbocycles. The van der Waals surface area contributed by atoms with Crippen molar-refractivity contribution in [3.05, 3.63) is 17.8 Å². The summed E-state index contributed by atoms with van der Waals surface area (Å²) in [6.07, 6.45) is 1.41. The van der Waals surface area contributed by atoms with E-state index in [1.54, 1.807) is 6.07 Å². The number of hydrogen-bond acceptors (Lipinski definition) is 6. The van der Waals surface area contributed by atoms with Crippen LogP contribution in [-0.2, 0) is 4.43 Å². The minimum Gasteiger partial charge on any atom is -0.490 e. The van der Waals surface area contributed by atoms with Crippen LogP contribution < -0.4 is 9.47 Å². The van der Waals surface area contributed by atoms with Crippen molar-refractivity contribution in [2.45, 2.75) is 63.9 Å². The number of hydrogen-bond donors (Lipinski definition) is 1. The normalized spacial score (nSPS) is 20.1. The molecule has 0 aliphatic carbocycles. The third kappa shape index (κ3) is 5.39. The number of methoxy groups -OCH3 is 1. The molecule has 2 heterocycles. The third-order valence-corrected chi connectivity index (χ3v) is 10.3. The first-order valence-corrected chi connectivity index (χ1v) is 12.6. The van der Waals surface area contributed by atoms with E-state index in [-0.39, 0.29) is 35.4 Å². The summed E-state index contributed by atoms with van der Waals surface area (Å²) in [6, 6.07) is 3.38. The quantitative estimate of drug-likeness (QED) is 0.695. The van der Waals surface area contributed by atoms with Crippen LogP contribution in [0.5, 0.6) is 11.6 Å². The minimum absolute atomic E-state index is 0.0648. The van der Waals surface area contributed by atoms with Gasteiger partial charge in [-0.3, -0.25) is 4.90 Å². The van der Waals surface area contributed by atoms with E-state index < -0.39 is 14.4 Å². The Labute approximate surface area is 173 Å². The second-order valence-corrected chi connectivity index (χ2v) is 13.6. The highest BCUT2D eigenvalue weighted by Crippen LogP contribution is 2.37. The van der Waals surface area contributed by atoms with Crippen LogP contribution in [-0.4, -0.2) is 61.8 Å². The fraction of sp³-hybridized carbons (Fsp3) is 0.650. The SMILES string of the molecule is COc1c(C#N)ccnc1OC1CCC(CO[Si](C)(C)C(C)(C)C)N(C(=O)O)C1. The molecule has 2 unspecified atom stereocenters. The lowest BCUT2D eigenvalue weighted by Gasteiger charge is -2.41. The van der Waals surface area contributed by atoms with E-state index in [4.69, 9.17) is 13.9 Å². The van der Waals surface area contributed by atoms with Crippen LogP contribution in [0.2, 0.25) is 18.1 Å². The van der Waals surface area contributed by atoms with Crippen molar-refractivity contribution >= 4 is 14.4 Å². The molecule has 1 N–H and O–H groups in total. The molecule has 8 nitrogen and oxygen atoms in total. The van der Waals surface area contributed by atoms with Gasteiger partial charge >= 0.3 is 6.09 Å². The molecule has 0 spiro atoms. The van der Waals surface area contributed by atoms with Gasteiger partial charge in [0.05, 0.1) is 26.3 Å². The van der Waals surface area contributed by atoms with E-state index in [0.717, 1.165) is 0 Å². The number of rotatable bonds is 6. The highest BCUT2D eigenvalue weighted by molar-refractivity contribution is 6.74. The van der Waals surface area contributed by atoms with E-state index in [1.165, 1.54) is 18.2 Å². The molecule has 0 bridgehead atoms. The first-order valence-electron chi connectivity index (χ1n) is 9.73. The van der Waals surface area contributed by atoms with E-state index in [1.807, 2.05) is 6.07 Å². The number of carbonyl (C=O) groups is 1. The Hall–Kier alpha value is -2.31. The first-order chi connectivity index (χ1) is 13.5. The Balaban J connectivity index is 2.08. The van der Waals surface area contributed by atoms with E-state index in [9.17, 15) is 15.2 Å². The van der Waals surface area contributed by atoms with Crippen molar-refractivity contribution in [2.24, 2.45) is 0 Å². The average molecular weight is 422 g/mol. The molecule has 1 saturated heterocycles. The van der Waals surface area contributed by atoms with Gasteiger partial charge in [-0.1, -0.05) is 20.8 Å². The molecule has 1 aliphatic rings. The number of piperidine rings is 1. The standard InChI is InChI=1S/C20H31N3O5Si/c1-20(2,3)29(5,6)27-13-15-7-8-16(12-23(15)19(24)25)28-18-17(26-4)14(11-21)9-10-22-18/h9-10,15-16H,7-8,12-13H2,1-6H3,(H,24,25). The van der Waals surface area contributed by atoms with E-state index in [2.05, 4.69) is 38.8 Å². The largest absolute Gasteiger partial charge is 0.490 e. The summed E-state index contributed by atoms with van der Waals surface area (Å²) in [6.45, 7) is 11.4. The molecular formula is C20H31N3O5Si. The smallest absolute Gasteiger partial charge is 0.407 e. The zero-order valence-electron chi connectivity index (χ0n) is 18.1. The van der Waals surface area contributed by atoms with Crippen LogP contribution in [0.25, 0.3) is 0 Å². The molecule has 9 heteroatoms. The fourth-order valence-electron chi connectivity index (χ4n) is 2.97. The molecule has 2 atom stereocenters. The molecule has 2 rings (SSSR count). The maximum absolute atomic E-state index is 11.9. The van der Waals surface area contributed by atoms with Crippen molar-refractivity contribution in [3.8, 4) is 17.7 Å². The molecule has 160 valence electrons. The second-order valence-electron chi connectivity index (χ2n) is 8.79. The minimum atomic E-state index is -1.96. The summed E-state index contributed by atoms with van der Waals surface area (Å²) in [7, 11) is -0.514. The van der Waals surface area contributed by atoms with Gasteiger partial charge in [-0.2, -0.15) is 5.26 Å². The number of amides is 1. The van der Waals surface area contributed by atoms with Gasteiger partial charge in [0.2, 0.25) is 0 Å². The van der Waals surface area contributed by atoms with Gasteiger partial charge < -0.3 is 19.0 Å². The van der Waals surface area contributed by atoms with Crippen LogP contribution in [0, 0.1) is 11.3 Å². The summed E-state index contributed by atoms with van der Waals surface area (Å²) < 4.78 is 17.4. The van der Waals surface area contributed by atoms with Crippen LogP contribution in [0.1, 0.15) is 39.2 Å². The van der Waals surface area contributed by atoms with Crippen LogP contribution in [0.4, 0.5) is 4.79 Å². The summed E-state index contributed by atoms with van der Waals surface area (Å²) in [5.74, 6) is 0.470.